The fourth-order valence-corrected chi connectivity index (χ4v) is 3.55. The van der Waals surface area contributed by atoms with E-state index in [1.807, 2.05) is 18.7 Å². The monoisotopic (exact) mass is 390 g/mol. The number of nitro benzene ring substituents is 1. The standard InChI is InChI=1S/C19H26N4O5/c1-14(2)18(24)21-5-7-22(8-6-21)19(25)15-3-4-16(17(13-15)23(26)27)20-9-11-28-12-10-20/h3-4,13-14H,5-12H2,1-2H3. The van der Waals surface area contributed by atoms with E-state index >= 15 is 0 Å². The fourth-order valence-electron chi connectivity index (χ4n) is 3.55. The molecule has 2 fully saturated rings. The second-order valence-electron chi connectivity index (χ2n) is 7.33. The summed E-state index contributed by atoms with van der Waals surface area (Å²) in [5.74, 6) is -0.233. The SMILES string of the molecule is CC(C)C(=O)N1CCN(C(=O)c2ccc(N3CCOCC3)c([N+](=O)[O-])c2)CC1. The Hall–Kier alpha value is -2.68. The first-order chi connectivity index (χ1) is 13.4. The minimum absolute atomic E-state index is 0.0682. The second kappa shape index (κ2) is 8.55. The zero-order chi connectivity index (χ0) is 20.3. The van der Waals surface area contributed by atoms with E-state index in [9.17, 15) is 19.7 Å². The maximum absolute atomic E-state index is 12.8. The van der Waals surface area contributed by atoms with Gasteiger partial charge >= 0.3 is 0 Å². The molecule has 152 valence electrons. The predicted octanol–water partition coefficient (Wildman–Crippen LogP) is 1.37. The van der Waals surface area contributed by atoms with Gasteiger partial charge in [-0.25, -0.2) is 0 Å². The van der Waals surface area contributed by atoms with Gasteiger partial charge in [-0.1, -0.05) is 13.8 Å². The summed E-state index contributed by atoms with van der Waals surface area (Å²) in [5, 5.41) is 11.6. The van der Waals surface area contributed by atoms with E-state index in [0.717, 1.165) is 0 Å². The van der Waals surface area contributed by atoms with Crippen molar-refractivity contribution in [1.29, 1.82) is 0 Å². The molecule has 2 aliphatic rings. The van der Waals surface area contributed by atoms with Crippen molar-refractivity contribution in [2.24, 2.45) is 5.92 Å². The number of carbonyl (C=O) groups excluding carboxylic acids is 2. The number of hydrogen-bond acceptors (Lipinski definition) is 6. The topological polar surface area (TPSA) is 96.2 Å². The number of hydrogen-bond donors (Lipinski definition) is 0. The highest BCUT2D eigenvalue weighted by atomic mass is 16.6. The normalized spacial score (nSPS) is 17.8. The number of anilines is 1. The van der Waals surface area contributed by atoms with Crippen LogP contribution in [0.15, 0.2) is 18.2 Å². The van der Waals surface area contributed by atoms with E-state index in [4.69, 9.17) is 4.74 Å². The number of carbonyl (C=O) groups is 2. The summed E-state index contributed by atoms with van der Waals surface area (Å²) in [6.07, 6.45) is 0. The maximum Gasteiger partial charge on any atom is 0.293 e. The van der Waals surface area contributed by atoms with E-state index < -0.39 is 4.92 Å². The highest BCUT2D eigenvalue weighted by Crippen LogP contribution is 2.30. The first kappa shape index (κ1) is 20.1. The molecule has 0 saturated carbocycles. The van der Waals surface area contributed by atoms with Crippen molar-refractivity contribution in [2.45, 2.75) is 13.8 Å². The van der Waals surface area contributed by atoms with Gasteiger partial charge in [0, 0.05) is 56.8 Å². The Balaban J connectivity index is 1.73. The van der Waals surface area contributed by atoms with Gasteiger partial charge < -0.3 is 19.4 Å². The van der Waals surface area contributed by atoms with Crippen molar-refractivity contribution in [3.05, 3.63) is 33.9 Å². The smallest absolute Gasteiger partial charge is 0.293 e. The third-order valence-corrected chi connectivity index (χ3v) is 5.14. The molecule has 2 amide bonds. The van der Waals surface area contributed by atoms with Crippen LogP contribution in [0.1, 0.15) is 24.2 Å². The first-order valence-electron chi connectivity index (χ1n) is 9.57. The van der Waals surface area contributed by atoms with Gasteiger partial charge in [-0.05, 0) is 12.1 Å². The first-order valence-corrected chi connectivity index (χ1v) is 9.57. The Morgan fingerprint density at radius 3 is 2.21 bits per heavy atom. The molecule has 2 aliphatic heterocycles. The summed E-state index contributed by atoms with van der Waals surface area (Å²) in [7, 11) is 0. The van der Waals surface area contributed by atoms with Gasteiger partial charge in [-0.3, -0.25) is 19.7 Å². The number of benzene rings is 1. The highest BCUT2D eigenvalue weighted by molar-refractivity contribution is 5.96. The lowest BCUT2D eigenvalue weighted by molar-refractivity contribution is -0.384. The number of amides is 2. The number of rotatable bonds is 4. The summed E-state index contributed by atoms with van der Waals surface area (Å²) in [6, 6.07) is 4.65. The Morgan fingerprint density at radius 1 is 1.04 bits per heavy atom. The minimum atomic E-state index is -0.444. The summed E-state index contributed by atoms with van der Waals surface area (Å²) < 4.78 is 5.30. The largest absolute Gasteiger partial charge is 0.378 e. The average Bonchev–Trinajstić information content (AvgIpc) is 2.73. The van der Waals surface area contributed by atoms with Crippen LogP contribution < -0.4 is 4.90 Å². The molecule has 2 saturated heterocycles. The molecular formula is C19H26N4O5. The van der Waals surface area contributed by atoms with Crippen LogP contribution in [0.5, 0.6) is 0 Å². The number of morpholine rings is 1. The zero-order valence-corrected chi connectivity index (χ0v) is 16.3. The predicted molar refractivity (Wildman–Crippen MR) is 103 cm³/mol. The van der Waals surface area contributed by atoms with Crippen LogP contribution in [0.4, 0.5) is 11.4 Å². The van der Waals surface area contributed by atoms with Gasteiger partial charge in [0.1, 0.15) is 5.69 Å². The Morgan fingerprint density at radius 2 is 1.64 bits per heavy atom. The molecule has 0 spiro atoms. The molecule has 2 heterocycles. The van der Waals surface area contributed by atoms with E-state index in [0.29, 0.717) is 63.7 Å². The zero-order valence-electron chi connectivity index (χ0n) is 16.3. The van der Waals surface area contributed by atoms with Crippen LogP contribution in [0.25, 0.3) is 0 Å². The van der Waals surface area contributed by atoms with E-state index in [1.165, 1.54) is 6.07 Å². The second-order valence-corrected chi connectivity index (χ2v) is 7.33. The van der Waals surface area contributed by atoms with E-state index in [1.54, 1.807) is 21.9 Å². The Kier molecular flexibility index (Phi) is 6.13. The highest BCUT2D eigenvalue weighted by Gasteiger charge is 2.28. The molecule has 0 unspecified atom stereocenters. The van der Waals surface area contributed by atoms with E-state index in [-0.39, 0.29) is 23.4 Å². The van der Waals surface area contributed by atoms with Crippen LogP contribution in [0, 0.1) is 16.0 Å². The lowest BCUT2D eigenvalue weighted by Gasteiger charge is -2.35. The molecule has 9 nitrogen and oxygen atoms in total. The van der Waals surface area contributed by atoms with Crippen LogP contribution in [0.3, 0.4) is 0 Å². The number of ether oxygens (including phenoxy) is 1. The summed E-state index contributed by atoms with van der Waals surface area (Å²) in [4.78, 5) is 41.4. The molecular weight excluding hydrogens is 364 g/mol. The van der Waals surface area contributed by atoms with Crippen molar-refractivity contribution in [3.8, 4) is 0 Å². The van der Waals surface area contributed by atoms with Gasteiger partial charge in [0.15, 0.2) is 0 Å². The van der Waals surface area contributed by atoms with Gasteiger partial charge in [0.05, 0.1) is 18.1 Å². The summed E-state index contributed by atoms with van der Waals surface area (Å²) >= 11 is 0. The molecule has 28 heavy (non-hydrogen) atoms. The van der Waals surface area contributed by atoms with Crippen molar-refractivity contribution in [1.82, 2.24) is 9.80 Å². The number of nitrogens with zero attached hydrogens (tertiary/aromatic N) is 4. The maximum atomic E-state index is 12.8. The van der Waals surface area contributed by atoms with Crippen LogP contribution in [-0.4, -0.2) is 79.0 Å². The number of piperazine rings is 1. The lowest BCUT2D eigenvalue weighted by Crippen LogP contribution is -2.51. The average molecular weight is 390 g/mol. The van der Waals surface area contributed by atoms with Gasteiger partial charge in [-0.15, -0.1) is 0 Å². The third-order valence-electron chi connectivity index (χ3n) is 5.14. The fraction of sp³-hybridized carbons (Fsp3) is 0.579. The lowest BCUT2D eigenvalue weighted by atomic mass is 10.1. The van der Waals surface area contributed by atoms with Gasteiger partial charge in [-0.2, -0.15) is 0 Å². The van der Waals surface area contributed by atoms with Crippen molar-refractivity contribution in [2.75, 3.05) is 57.4 Å². The minimum Gasteiger partial charge on any atom is -0.378 e. The van der Waals surface area contributed by atoms with Gasteiger partial charge in [0.25, 0.3) is 11.6 Å². The molecule has 0 radical (unpaired) electrons. The molecule has 0 atom stereocenters. The van der Waals surface area contributed by atoms with Crippen LogP contribution in [0.2, 0.25) is 0 Å². The summed E-state index contributed by atoms with van der Waals surface area (Å²) in [6.45, 7) is 7.75. The molecule has 0 N–H and O–H groups in total. The molecule has 0 bridgehead atoms. The Bertz CT molecular complexity index is 753. The van der Waals surface area contributed by atoms with E-state index in [2.05, 4.69) is 0 Å². The van der Waals surface area contributed by atoms with Crippen LogP contribution >= 0.6 is 0 Å². The quantitative estimate of drug-likeness (QED) is 0.569. The third kappa shape index (κ3) is 4.24. The number of nitro groups is 1. The molecule has 3 rings (SSSR count). The molecule has 0 aromatic heterocycles. The molecule has 1 aromatic rings. The Labute approximate surface area is 164 Å². The van der Waals surface area contributed by atoms with Crippen molar-refractivity contribution < 1.29 is 19.2 Å². The molecule has 0 aliphatic carbocycles. The van der Waals surface area contributed by atoms with Crippen molar-refractivity contribution in [3.63, 3.8) is 0 Å². The van der Waals surface area contributed by atoms with Crippen molar-refractivity contribution >= 4 is 23.2 Å². The van der Waals surface area contributed by atoms with Gasteiger partial charge in [0.2, 0.25) is 5.91 Å². The van der Waals surface area contributed by atoms with Crippen LogP contribution in [-0.2, 0) is 9.53 Å². The molecule has 1 aromatic carbocycles. The summed E-state index contributed by atoms with van der Waals surface area (Å²) in [5.41, 5.74) is 0.742. The molecule has 9 heteroatoms.